The van der Waals surface area contributed by atoms with Gasteiger partial charge in [0.1, 0.15) is 29.8 Å². The van der Waals surface area contributed by atoms with Gasteiger partial charge in [0.15, 0.2) is 0 Å². The van der Waals surface area contributed by atoms with Crippen LogP contribution in [0.4, 0.5) is 10.1 Å². The van der Waals surface area contributed by atoms with Crippen molar-refractivity contribution < 1.29 is 13.9 Å². The minimum Gasteiger partial charge on any atom is -0.487 e. The first-order valence-electron chi connectivity index (χ1n) is 9.63. The van der Waals surface area contributed by atoms with Crippen molar-refractivity contribution in [3.8, 4) is 11.8 Å². The Kier molecular flexibility index (Phi) is 8.04. The van der Waals surface area contributed by atoms with Crippen LogP contribution in [0.15, 0.2) is 64.6 Å². The van der Waals surface area contributed by atoms with E-state index in [2.05, 4.69) is 43.8 Å². The quantitative estimate of drug-likeness (QED) is 0.188. The fraction of sp³-hybridized carbons (Fsp3) is 0.120. The Bertz CT molecular complexity index is 1230. The molecule has 0 unspecified atom stereocenters. The van der Waals surface area contributed by atoms with Crippen molar-refractivity contribution in [2.75, 3.05) is 5.32 Å². The molecule has 32 heavy (non-hydrogen) atoms. The lowest BCUT2D eigenvalue weighted by atomic mass is 10.1. The highest BCUT2D eigenvalue weighted by Gasteiger charge is 2.13. The standard InChI is InChI=1S/C25H19BrFIN2O2/c1-15-6-7-21(8-16(15)2)30-25(31)19(13-29)9-18-11-22(26)24(23(28)12-18)32-14-17-4-3-5-20(27)10-17/h3-12H,14H2,1-2H3,(H,30,31)/b19-9+. The summed E-state index contributed by atoms with van der Waals surface area (Å²) in [4.78, 5) is 12.6. The van der Waals surface area contributed by atoms with Crippen LogP contribution in [0.1, 0.15) is 22.3 Å². The third-order valence-corrected chi connectivity index (χ3v) is 6.12. The number of carbonyl (C=O) groups excluding carboxylic acids is 1. The molecule has 162 valence electrons. The largest absolute Gasteiger partial charge is 0.487 e. The lowest BCUT2D eigenvalue weighted by Gasteiger charge is -2.12. The van der Waals surface area contributed by atoms with Crippen LogP contribution in [-0.2, 0) is 11.4 Å². The molecule has 3 aromatic rings. The maximum Gasteiger partial charge on any atom is 0.266 e. The second-order valence-corrected chi connectivity index (χ2v) is 9.17. The van der Waals surface area contributed by atoms with Crippen LogP contribution in [0.25, 0.3) is 6.08 Å². The second kappa shape index (κ2) is 10.7. The molecule has 4 nitrogen and oxygen atoms in total. The van der Waals surface area contributed by atoms with E-state index >= 15 is 0 Å². The Morgan fingerprint density at radius 2 is 1.97 bits per heavy atom. The molecule has 0 saturated heterocycles. The van der Waals surface area contributed by atoms with E-state index < -0.39 is 5.91 Å². The first-order valence-corrected chi connectivity index (χ1v) is 11.5. The summed E-state index contributed by atoms with van der Waals surface area (Å²) in [6.45, 7) is 4.17. The summed E-state index contributed by atoms with van der Waals surface area (Å²) in [5.74, 6) is -0.193. The highest BCUT2D eigenvalue weighted by molar-refractivity contribution is 14.1. The first-order chi connectivity index (χ1) is 15.3. The van der Waals surface area contributed by atoms with Crippen molar-refractivity contribution in [3.05, 3.63) is 96.3 Å². The average molecular weight is 605 g/mol. The van der Waals surface area contributed by atoms with Gasteiger partial charge in [-0.15, -0.1) is 0 Å². The van der Waals surface area contributed by atoms with Gasteiger partial charge in [0, 0.05) is 5.69 Å². The molecule has 3 rings (SSSR count). The van der Waals surface area contributed by atoms with Gasteiger partial charge in [-0.25, -0.2) is 4.39 Å². The highest BCUT2D eigenvalue weighted by atomic mass is 127. The van der Waals surface area contributed by atoms with Crippen LogP contribution >= 0.6 is 38.5 Å². The fourth-order valence-corrected chi connectivity index (χ4v) is 4.68. The molecule has 1 amide bonds. The Morgan fingerprint density at radius 3 is 2.62 bits per heavy atom. The van der Waals surface area contributed by atoms with Crippen molar-refractivity contribution in [1.29, 1.82) is 5.26 Å². The number of rotatable bonds is 6. The van der Waals surface area contributed by atoms with Crippen molar-refractivity contribution in [2.45, 2.75) is 20.5 Å². The SMILES string of the molecule is Cc1ccc(NC(=O)/C(C#N)=C/c2cc(Br)c(OCc3cccc(F)c3)c(I)c2)cc1C. The van der Waals surface area contributed by atoms with Crippen LogP contribution in [0.5, 0.6) is 5.75 Å². The van der Waals surface area contributed by atoms with Crippen molar-refractivity contribution >= 4 is 56.2 Å². The number of hydrogen-bond donors (Lipinski definition) is 1. The van der Waals surface area contributed by atoms with Gasteiger partial charge in [0.25, 0.3) is 5.91 Å². The molecule has 0 radical (unpaired) electrons. The van der Waals surface area contributed by atoms with Gasteiger partial charge in [-0.05, 0) is 117 Å². The number of anilines is 1. The van der Waals surface area contributed by atoms with Gasteiger partial charge in [-0.1, -0.05) is 18.2 Å². The van der Waals surface area contributed by atoms with E-state index in [4.69, 9.17) is 4.74 Å². The number of benzene rings is 3. The zero-order valence-corrected chi connectivity index (χ0v) is 21.1. The monoisotopic (exact) mass is 604 g/mol. The van der Waals surface area contributed by atoms with Crippen LogP contribution < -0.4 is 10.1 Å². The molecule has 0 aromatic heterocycles. The van der Waals surface area contributed by atoms with Crippen molar-refractivity contribution in [2.24, 2.45) is 0 Å². The molecule has 0 bridgehead atoms. The number of hydrogen-bond acceptors (Lipinski definition) is 3. The van der Waals surface area contributed by atoms with Gasteiger partial charge in [0.05, 0.1) is 8.04 Å². The number of nitriles is 1. The van der Waals surface area contributed by atoms with E-state index in [1.807, 2.05) is 38.1 Å². The summed E-state index contributed by atoms with van der Waals surface area (Å²) in [6, 6.07) is 17.4. The van der Waals surface area contributed by atoms with Crippen LogP contribution in [0, 0.1) is 34.6 Å². The van der Waals surface area contributed by atoms with Crippen LogP contribution in [0.2, 0.25) is 0 Å². The highest BCUT2D eigenvalue weighted by Crippen LogP contribution is 2.33. The smallest absolute Gasteiger partial charge is 0.266 e. The minimum atomic E-state index is -0.478. The summed E-state index contributed by atoms with van der Waals surface area (Å²) < 4.78 is 20.7. The number of carbonyl (C=O) groups is 1. The number of nitrogens with one attached hydrogen (secondary N) is 1. The number of aryl methyl sites for hydroxylation is 2. The number of nitrogens with zero attached hydrogens (tertiary/aromatic N) is 1. The summed E-state index contributed by atoms with van der Waals surface area (Å²) in [6.07, 6.45) is 1.53. The second-order valence-electron chi connectivity index (χ2n) is 7.16. The molecule has 0 saturated carbocycles. The van der Waals surface area contributed by atoms with E-state index in [0.717, 1.165) is 14.7 Å². The third kappa shape index (κ3) is 6.17. The molecule has 0 spiro atoms. The van der Waals surface area contributed by atoms with Crippen molar-refractivity contribution in [1.82, 2.24) is 0 Å². The van der Waals surface area contributed by atoms with Gasteiger partial charge in [0.2, 0.25) is 0 Å². The topological polar surface area (TPSA) is 62.1 Å². The van der Waals surface area contributed by atoms with E-state index in [-0.39, 0.29) is 18.0 Å². The number of ether oxygens (including phenoxy) is 1. The minimum absolute atomic E-state index is 0.0145. The lowest BCUT2D eigenvalue weighted by Crippen LogP contribution is -2.13. The van der Waals surface area contributed by atoms with Crippen molar-refractivity contribution in [3.63, 3.8) is 0 Å². The Balaban J connectivity index is 1.77. The summed E-state index contributed by atoms with van der Waals surface area (Å²) >= 11 is 5.61. The normalized spacial score (nSPS) is 11.1. The molecule has 1 N–H and O–H groups in total. The predicted molar refractivity (Wildman–Crippen MR) is 136 cm³/mol. The third-order valence-electron chi connectivity index (χ3n) is 4.73. The van der Waals surface area contributed by atoms with E-state index in [0.29, 0.717) is 27.0 Å². The van der Waals surface area contributed by atoms with Crippen LogP contribution in [0.3, 0.4) is 0 Å². The predicted octanol–water partition coefficient (Wildman–Crippen LogP) is 6.93. The molecule has 0 aliphatic carbocycles. The average Bonchev–Trinajstić information content (AvgIpc) is 2.74. The number of amides is 1. The zero-order valence-electron chi connectivity index (χ0n) is 17.4. The molecular weight excluding hydrogens is 586 g/mol. The zero-order chi connectivity index (χ0) is 23.3. The first kappa shape index (κ1) is 24.0. The van der Waals surface area contributed by atoms with Gasteiger partial charge in [-0.3, -0.25) is 4.79 Å². The maximum absolute atomic E-state index is 13.4. The lowest BCUT2D eigenvalue weighted by molar-refractivity contribution is -0.112. The maximum atomic E-state index is 13.4. The molecular formula is C25H19BrFIN2O2. The Hall–Kier alpha value is -2.70. The fourth-order valence-electron chi connectivity index (χ4n) is 2.92. The molecule has 0 atom stereocenters. The summed E-state index contributed by atoms with van der Waals surface area (Å²) in [5.41, 5.74) is 4.18. The van der Waals surface area contributed by atoms with E-state index in [1.54, 1.807) is 24.3 Å². The molecule has 3 aromatic carbocycles. The number of halogens is 3. The molecule has 0 aliphatic rings. The van der Waals surface area contributed by atoms with E-state index in [1.165, 1.54) is 18.2 Å². The Labute approximate surface area is 208 Å². The van der Waals surface area contributed by atoms with E-state index in [9.17, 15) is 14.4 Å². The van der Waals surface area contributed by atoms with Gasteiger partial charge < -0.3 is 10.1 Å². The molecule has 0 aliphatic heterocycles. The molecule has 0 heterocycles. The molecule has 7 heteroatoms. The van der Waals surface area contributed by atoms with Crippen LogP contribution in [-0.4, -0.2) is 5.91 Å². The Morgan fingerprint density at radius 1 is 1.19 bits per heavy atom. The van der Waals surface area contributed by atoms with Gasteiger partial charge >= 0.3 is 0 Å². The molecule has 0 fully saturated rings. The van der Waals surface area contributed by atoms with Gasteiger partial charge in [-0.2, -0.15) is 5.26 Å². The summed E-state index contributed by atoms with van der Waals surface area (Å²) in [5, 5.41) is 12.3. The summed E-state index contributed by atoms with van der Waals surface area (Å²) in [7, 11) is 0.